The Morgan fingerprint density at radius 3 is 2.54 bits per heavy atom. The first-order valence-corrected chi connectivity index (χ1v) is 5.53. The molecule has 1 N–H and O–H groups in total. The monoisotopic (exact) mass is 205 g/mol. The van der Waals surface area contributed by atoms with Gasteiger partial charge in [0.05, 0.1) is 18.0 Å². The summed E-state index contributed by atoms with van der Waals surface area (Å²) in [4.78, 5) is 10.8. The van der Waals surface area contributed by atoms with Crippen molar-refractivity contribution in [2.45, 2.75) is 26.4 Å². The average molecular weight is 205 g/mol. The van der Waals surface area contributed by atoms with E-state index in [1.165, 1.54) is 0 Å². The van der Waals surface area contributed by atoms with E-state index in [9.17, 15) is 4.79 Å². The fourth-order valence-corrected chi connectivity index (χ4v) is 1.32. The lowest BCUT2D eigenvalue weighted by Gasteiger charge is -2.19. The van der Waals surface area contributed by atoms with Crippen LogP contribution in [-0.2, 0) is 9.53 Å². The molecule has 0 aliphatic carbocycles. The van der Waals surface area contributed by atoms with E-state index < -0.39 is 0 Å². The highest BCUT2D eigenvalue weighted by Crippen LogP contribution is 2.08. The van der Waals surface area contributed by atoms with Gasteiger partial charge >= 0.3 is 0 Å². The topological polar surface area (TPSA) is 38.3 Å². The molecular formula is C9H19NO2S. The zero-order chi connectivity index (χ0) is 10.3. The number of rotatable bonds is 5. The van der Waals surface area contributed by atoms with Crippen LogP contribution in [0.5, 0.6) is 0 Å². The second-order valence-corrected chi connectivity index (χ2v) is 4.79. The Morgan fingerprint density at radius 1 is 1.46 bits per heavy atom. The minimum absolute atomic E-state index is 0.0701. The number of carbonyl (C=O) groups is 1. The van der Waals surface area contributed by atoms with Crippen LogP contribution < -0.4 is 5.32 Å². The van der Waals surface area contributed by atoms with Gasteiger partial charge in [0.25, 0.3) is 0 Å². The number of hydrogen-bond donors (Lipinski definition) is 1. The van der Waals surface area contributed by atoms with Crippen LogP contribution in [0.1, 0.15) is 20.8 Å². The van der Waals surface area contributed by atoms with Crippen LogP contribution in [0.4, 0.5) is 0 Å². The summed E-state index contributed by atoms with van der Waals surface area (Å²) in [5.74, 6) is 1.45. The average Bonchev–Trinajstić information content (AvgIpc) is 2.01. The fraction of sp³-hybridized carbons (Fsp3) is 0.889. The van der Waals surface area contributed by atoms with Crippen molar-refractivity contribution in [1.82, 2.24) is 5.32 Å². The van der Waals surface area contributed by atoms with Gasteiger partial charge in [0.15, 0.2) is 0 Å². The van der Waals surface area contributed by atoms with Crippen molar-refractivity contribution >= 4 is 17.7 Å². The van der Waals surface area contributed by atoms with E-state index >= 15 is 0 Å². The smallest absolute Gasteiger partial charge is 0.229 e. The van der Waals surface area contributed by atoms with Crippen molar-refractivity contribution in [1.29, 1.82) is 0 Å². The largest absolute Gasteiger partial charge is 0.375 e. The first-order valence-electron chi connectivity index (χ1n) is 4.38. The molecule has 0 unspecified atom stereocenters. The molecule has 0 radical (unpaired) electrons. The van der Waals surface area contributed by atoms with E-state index in [0.29, 0.717) is 12.4 Å². The molecule has 0 saturated heterocycles. The molecule has 13 heavy (non-hydrogen) atoms. The molecule has 0 saturated carbocycles. The summed E-state index contributed by atoms with van der Waals surface area (Å²) in [6.07, 6.45) is 0. The standard InChI is InChI=1S/C9H19NO2S/c1-9(2,3)12-5-6-13-7-8(11)10-4/h5-7H2,1-4H3,(H,10,11). The Bertz CT molecular complexity index is 154. The van der Waals surface area contributed by atoms with E-state index in [-0.39, 0.29) is 11.5 Å². The predicted octanol–water partition coefficient (Wildman–Crippen LogP) is 1.28. The summed E-state index contributed by atoms with van der Waals surface area (Å²) in [5, 5.41) is 2.57. The molecule has 78 valence electrons. The fourth-order valence-electron chi connectivity index (χ4n) is 0.644. The van der Waals surface area contributed by atoms with E-state index in [4.69, 9.17) is 4.74 Å². The number of carbonyl (C=O) groups excluding carboxylic acids is 1. The highest BCUT2D eigenvalue weighted by molar-refractivity contribution is 7.99. The van der Waals surface area contributed by atoms with Crippen LogP contribution in [0.2, 0.25) is 0 Å². The molecule has 0 atom stereocenters. The summed E-state index contributed by atoms with van der Waals surface area (Å²) in [6, 6.07) is 0. The van der Waals surface area contributed by atoms with Gasteiger partial charge in [-0.2, -0.15) is 0 Å². The van der Waals surface area contributed by atoms with Crippen LogP contribution in [-0.4, -0.2) is 36.7 Å². The number of thioether (sulfide) groups is 1. The van der Waals surface area contributed by atoms with Crippen LogP contribution >= 0.6 is 11.8 Å². The third kappa shape index (κ3) is 9.70. The molecule has 4 heteroatoms. The van der Waals surface area contributed by atoms with Gasteiger partial charge in [0.1, 0.15) is 0 Å². The summed E-state index contributed by atoms with van der Waals surface area (Å²) >= 11 is 1.59. The van der Waals surface area contributed by atoms with Gasteiger partial charge in [-0.1, -0.05) is 0 Å². The van der Waals surface area contributed by atoms with Gasteiger partial charge in [0, 0.05) is 12.8 Å². The van der Waals surface area contributed by atoms with Gasteiger partial charge in [-0.05, 0) is 20.8 Å². The third-order valence-electron chi connectivity index (χ3n) is 1.27. The normalized spacial score (nSPS) is 11.4. The van der Waals surface area contributed by atoms with Crippen molar-refractivity contribution in [3.63, 3.8) is 0 Å². The van der Waals surface area contributed by atoms with Crippen LogP contribution in [0, 0.1) is 0 Å². The van der Waals surface area contributed by atoms with Crippen molar-refractivity contribution in [3.8, 4) is 0 Å². The Hall–Kier alpha value is -0.220. The van der Waals surface area contributed by atoms with E-state index in [2.05, 4.69) is 5.32 Å². The highest BCUT2D eigenvalue weighted by Gasteiger charge is 2.09. The van der Waals surface area contributed by atoms with Crippen molar-refractivity contribution in [2.75, 3.05) is 25.2 Å². The number of ether oxygens (including phenoxy) is 1. The Kier molecular flexibility index (Phi) is 6.16. The summed E-state index contributed by atoms with van der Waals surface area (Å²) in [5.41, 5.74) is -0.0758. The molecule has 0 aromatic heterocycles. The predicted molar refractivity (Wildman–Crippen MR) is 57.1 cm³/mol. The maximum absolute atomic E-state index is 10.8. The zero-order valence-corrected chi connectivity index (χ0v) is 9.66. The van der Waals surface area contributed by atoms with Gasteiger partial charge in [-0.3, -0.25) is 4.79 Å². The summed E-state index contributed by atoms with van der Waals surface area (Å²) in [7, 11) is 1.65. The molecule has 0 fully saturated rings. The molecular weight excluding hydrogens is 186 g/mol. The van der Waals surface area contributed by atoms with Crippen molar-refractivity contribution < 1.29 is 9.53 Å². The minimum atomic E-state index is -0.0758. The minimum Gasteiger partial charge on any atom is -0.375 e. The van der Waals surface area contributed by atoms with Gasteiger partial charge in [0.2, 0.25) is 5.91 Å². The van der Waals surface area contributed by atoms with Gasteiger partial charge in [-0.25, -0.2) is 0 Å². The van der Waals surface area contributed by atoms with Crippen molar-refractivity contribution in [3.05, 3.63) is 0 Å². The van der Waals surface area contributed by atoms with Crippen molar-refractivity contribution in [2.24, 2.45) is 0 Å². The van der Waals surface area contributed by atoms with E-state index in [1.54, 1.807) is 18.8 Å². The molecule has 0 heterocycles. The van der Waals surface area contributed by atoms with Gasteiger partial charge in [-0.15, -0.1) is 11.8 Å². The highest BCUT2D eigenvalue weighted by atomic mass is 32.2. The quantitative estimate of drug-likeness (QED) is 0.687. The maximum atomic E-state index is 10.8. The Balaban J connectivity index is 3.22. The van der Waals surface area contributed by atoms with Crippen LogP contribution in [0.15, 0.2) is 0 Å². The number of hydrogen-bond acceptors (Lipinski definition) is 3. The van der Waals surface area contributed by atoms with Crippen LogP contribution in [0.3, 0.4) is 0 Å². The van der Waals surface area contributed by atoms with E-state index in [0.717, 1.165) is 5.75 Å². The molecule has 0 spiro atoms. The molecule has 0 aromatic carbocycles. The Labute approximate surface area is 84.6 Å². The first kappa shape index (κ1) is 12.8. The second kappa shape index (κ2) is 6.27. The van der Waals surface area contributed by atoms with Crippen LogP contribution in [0.25, 0.3) is 0 Å². The SMILES string of the molecule is CNC(=O)CSCCOC(C)(C)C. The molecule has 0 aliphatic heterocycles. The molecule has 0 bridgehead atoms. The molecule has 0 aromatic rings. The summed E-state index contributed by atoms with van der Waals surface area (Å²) < 4.78 is 5.49. The lowest BCUT2D eigenvalue weighted by molar-refractivity contribution is -0.118. The van der Waals surface area contributed by atoms with E-state index in [1.807, 2.05) is 20.8 Å². The molecule has 1 amide bonds. The third-order valence-corrected chi connectivity index (χ3v) is 2.20. The molecule has 0 aliphatic rings. The lowest BCUT2D eigenvalue weighted by atomic mass is 10.2. The lowest BCUT2D eigenvalue weighted by Crippen LogP contribution is -2.22. The Morgan fingerprint density at radius 2 is 2.08 bits per heavy atom. The number of amides is 1. The molecule has 3 nitrogen and oxygen atoms in total. The second-order valence-electron chi connectivity index (χ2n) is 3.69. The first-order chi connectivity index (χ1) is 5.95. The zero-order valence-electron chi connectivity index (χ0n) is 8.85. The summed E-state index contributed by atoms with van der Waals surface area (Å²) in [6.45, 7) is 6.77. The maximum Gasteiger partial charge on any atom is 0.229 e. The van der Waals surface area contributed by atoms with Gasteiger partial charge < -0.3 is 10.1 Å². The number of nitrogens with one attached hydrogen (secondary N) is 1. The molecule has 0 rings (SSSR count).